The first-order valence-corrected chi connectivity index (χ1v) is 15.7. The van der Waals surface area contributed by atoms with Gasteiger partial charge in [0.05, 0.1) is 16.0 Å². The third kappa shape index (κ3) is 7.60. The van der Waals surface area contributed by atoms with E-state index in [4.69, 9.17) is 21.3 Å². The molecule has 44 heavy (non-hydrogen) atoms. The Kier molecular flexibility index (Phi) is 9.81. The quantitative estimate of drug-likeness (QED) is 0.254. The van der Waals surface area contributed by atoms with Crippen LogP contribution in [0.2, 0.25) is 5.02 Å². The molecular weight excluding hydrogens is 584 g/mol. The van der Waals surface area contributed by atoms with Crippen molar-refractivity contribution in [2.45, 2.75) is 112 Å². The second-order valence-electron chi connectivity index (χ2n) is 14.1. The zero-order valence-corrected chi connectivity index (χ0v) is 28.2. The van der Waals surface area contributed by atoms with Crippen LogP contribution in [0.25, 0.3) is 0 Å². The number of esters is 1. The number of hydrogen-bond donors (Lipinski definition) is 1. The minimum atomic E-state index is -0.895. The number of carbonyl (C=O) groups is 1. The fourth-order valence-corrected chi connectivity index (χ4v) is 6.25. The lowest BCUT2D eigenvalue weighted by atomic mass is 9.72. The van der Waals surface area contributed by atoms with Gasteiger partial charge in [0.2, 0.25) is 0 Å². The topological polar surface area (TPSA) is 72.3 Å². The van der Waals surface area contributed by atoms with E-state index in [0.29, 0.717) is 55.0 Å². The maximum Gasteiger partial charge on any atom is 0.313 e. The van der Waals surface area contributed by atoms with Gasteiger partial charge in [-0.3, -0.25) is 14.4 Å². The number of piperidine rings is 1. The molecule has 3 heterocycles. The molecule has 0 saturated carbocycles. The molecule has 0 spiro atoms. The fraction of sp³-hybridized carbons (Fsp3) is 0.559. The molecule has 7 nitrogen and oxygen atoms in total. The Morgan fingerprint density at radius 2 is 1.84 bits per heavy atom. The maximum absolute atomic E-state index is 15.6. The smallest absolute Gasteiger partial charge is 0.313 e. The summed E-state index contributed by atoms with van der Waals surface area (Å²) in [5.74, 6) is -0.573. The highest BCUT2D eigenvalue weighted by molar-refractivity contribution is 6.30. The van der Waals surface area contributed by atoms with E-state index in [9.17, 15) is 9.18 Å². The summed E-state index contributed by atoms with van der Waals surface area (Å²) >= 11 is 6.04. The van der Waals surface area contributed by atoms with Crippen molar-refractivity contribution >= 4 is 29.2 Å². The normalized spacial score (nSPS) is 19.7. The SMILES string of the molecule is CCc1cc(CC2(C(=O)OC(C)(C)C)CCN(Cc3cccc(Cl)c3F)[C@H](C)C2)nc(Nc2cc(C)n(C(C)(C)C)n2)c1F. The van der Waals surface area contributed by atoms with E-state index < -0.39 is 22.7 Å². The minimum absolute atomic E-state index is 0.0670. The Morgan fingerprint density at radius 1 is 1.14 bits per heavy atom. The van der Waals surface area contributed by atoms with Gasteiger partial charge < -0.3 is 10.1 Å². The van der Waals surface area contributed by atoms with Crippen molar-refractivity contribution in [3.05, 3.63) is 69.5 Å². The van der Waals surface area contributed by atoms with Crippen LogP contribution in [0.4, 0.5) is 20.4 Å². The lowest BCUT2D eigenvalue weighted by Crippen LogP contribution is -2.51. The largest absolute Gasteiger partial charge is 0.460 e. The van der Waals surface area contributed by atoms with Gasteiger partial charge >= 0.3 is 5.97 Å². The van der Waals surface area contributed by atoms with Crippen LogP contribution in [0.15, 0.2) is 30.3 Å². The van der Waals surface area contributed by atoms with Gasteiger partial charge in [-0.2, -0.15) is 5.10 Å². The summed E-state index contributed by atoms with van der Waals surface area (Å²) in [6.45, 7) is 18.5. The van der Waals surface area contributed by atoms with Gasteiger partial charge in [-0.15, -0.1) is 0 Å². The van der Waals surface area contributed by atoms with E-state index in [0.717, 1.165) is 5.69 Å². The molecule has 0 bridgehead atoms. The van der Waals surface area contributed by atoms with Crippen LogP contribution in [0.5, 0.6) is 0 Å². The van der Waals surface area contributed by atoms with E-state index >= 15 is 4.39 Å². The number of nitrogens with one attached hydrogen (secondary N) is 1. The summed E-state index contributed by atoms with van der Waals surface area (Å²) in [5, 5.41) is 7.84. The molecule has 1 aromatic carbocycles. The number of hydrogen-bond acceptors (Lipinski definition) is 6. The van der Waals surface area contributed by atoms with Gasteiger partial charge in [0.15, 0.2) is 17.5 Å². The number of likely N-dealkylation sites (tertiary alicyclic amines) is 1. The molecule has 10 heteroatoms. The van der Waals surface area contributed by atoms with Crippen LogP contribution < -0.4 is 5.32 Å². The van der Waals surface area contributed by atoms with Crippen molar-refractivity contribution in [3.63, 3.8) is 0 Å². The molecule has 0 amide bonds. The van der Waals surface area contributed by atoms with Crippen LogP contribution in [-0.4, -0.2) is 43.8 Å². The molecule has 1 fully saturated rings. The van der Waals surface area contributed by atoms with Crippen LogP contribution in [0, 0.1) is 24.0 Å². The average Bonchev–Trinajstić information content (AvgIpc) is 3.29. The molecule has 2 aromatic heterocycles. The third-order valence-corrected chi connectivity index (χ3v) is 8.47. The summed E-state index contributed by atoms with van der Waals surface area (Å²) < 4.78 is 38.2. The Hall–Kier alpha value is -3.04. The Labute approximate surface area is 265 Å². The van der Waals surface area contributed by atoms with Crippen molar-refractivity contribution in [2.75, 3.05) is 11.9 Å². The van der Waals surface area contributed by atoms with Crippen molar-refractivity contribution in [2.24, 2.45) is 5.41 Å². The van der Waals surface area contributed by atoms with E-state index in [1.165, 1.54) is 6.07 Å². The Bertz CT molecular complexity index is 1510. The highest BCUT2D eigenvalue weighted by Crippen LogP contribution is 2.41. The summed E-state index contributed by atoms with van der Waals surface area (Å²) in [6, 6.07) is 8.57. The lowest BCUT2D eigenvalue weighted by molar-refractivity contribution is -0.172. The number of pyridine rings is 1. The minimum Gasteiger partial charge on any atom is -0.460 e. The van der Waals surface area contributed by atoms with Gasteiger partial charge in [0, 0.05) is 42.0 Å². The zero-order chi connectivity index (χ0) is 32.6. The molecule has 2 atom stereocenters. The van der Waals surface area contributed by atoms with Gasteiger partial charge in [-0.25, -0.2) is 13.8 Å². The summed E-state index contributed by atoms with van der Waals surface area (Å²) in [4.78, 5) is 20.8. The summed E-state index contributed by atoms with van der Waals surface area (Å²) in [7, 11) is 0. The lowest BCUT2D eigenvalue weighted by Gasteiger charge is -2.45. The number of carbonyl (C=O) groups excluding carboxylic acids is 1. The zero-order valence-electron chi connectivity index (χ0n) is 27.4. The average molecular weight is 630 g/mol. The van der Waals surface area contributed by atoms with E-state index in [2.05, 4.69) is 36.1 Å². The molecule has 4 rings (SSSR count). The van der Waals surface area contributed by atoms with Crippen molar-refractivity contribution < 1.29 is 18.3 Å². The third-order valence-electron chi connectivity index (χ3n) is 8.18. The highest BCUT2D eigenvalue weighted by atomic mass is 35.5. The molecule has 0 radical (unpaired) electrons. The van der Waals surface area contributed by atoms with Crippen LogP contribution in [0.1, 0.15) is 90.7 Å². The number of anilines is 2. The van der Waals surface area contributed by atoms with E-state index in [1.54, 1.807) is 18.2 Å². The molecule has 240 valence electrons. The second kappa shape index (κ2) is 12.8. The number of rotatable bonds is 8. The van der Waals surface area contributed by atoms with E-state index in [-0.39, 0.29) is 34.8 Å². The number of aryl methyl sites for hydroxylation is 2. The van der Waals surface area contributed by atoms with Crippen molar-refractivity contribution in [1.82, 2.24) is 19.7 Å². The first kappa shape index (κ1) is 33.8. The molecule has 1 saturated heterocycles. The number of halogens is 3. The standard InChI is InChI=1S/C34H46ClF2N5O2/c1-10-23-17-25(38-30(29(23)37)39-27-16-21(2)42(40-27)32(4,5)6)19-34(31(43)44-33(7,8)9)14-15-41(22(3)18-34)20-24-12-11-13-26(35)28(24)36/h11-13,16-17,22H,10,14-15,18-20H2,1-9H3,(H,38,39,40)/t22-,34?/m1/s1. The Balaban J connectivity index is 1.66. The first-order chi connectivity index (χ1) is 20.4. The Morgan fingerprint density at radius 3 is 2.43 bits per heavy atom. The molecular formula is C34H46ClF2N5O2. The number of aromatic nitrogens is 3. The molecule has 1 unspecified atom stereocenters. The monoisotopic (exact) mass is 629 g/mol. The molecule has 1 aliphatic rings. The van der Waals surface area contributed by atoms with Crippen LogP contribution >= 0.6 is 11.6 Å². The molecule has 1 aliphatic heterocycles. The summed E-state index contributed by atoms with van der Waals surface area (Å²) in [6.07, 6.45) is 1.69. The number of benzene rings is 1. The van der Waals surface area contributed by atoms with Gasteiger partial charge in [0.1, 0.15) is 11.4 Å². The predicted octanol–water partition coefficient (Wildman–Crippen LogP) is 8.13. The summed E-state index contributed by atoms with van der Waals surface area (Å²) in [5.41, 5.74) is 0.742. The van der Waals surface area contributed by atoms with Gasteiger partial charge in [-0.05, 0) is 98.9 Å². The first-order valence-electron chi connectivity index (χ1n) is 15.4. The number of nitrogens with zero attached hydrogens (tertiary/aromatic N) is 4. The van der Waals surface area contributed by atoms with Gasteiger partial charge in [-0.1, -0.05) is 30.7 Å². The second-order valence-corrected chi connectivity index (χ2v) is 14.5. The maximum atomic E-state index is 15.6. The van der Waals surface area contributed by atoms with Crippen molar-refractivity contribution in [3.8, 4) is 0 Å². The predicted molar refractivity (Wildman–Crippen MR) is 171 cm³/mol. The fourth-order valence-electron chi connectivity index (χ4n) is 6.06. The van der Waals surface area contributed by atoms with Crippen LogP contribution in [-0.2, 0) is 34.5 Å². The van der Waals surface area contributed by atoms with Gasteiger partial charge in [0.25, 0.3) is 0 Å². The van der Waals surface area contributed by atoms with E-state index in [1.807, 2.05) is 52.3 Å². The number of ether oxygens (including phenoxy) is 1. The highest BCUT2D eigenvalue weighted by Gasteiger charge is 2.47. The molecule has 3 aromatic rings. The van der Waals surface area contributed by atoms with Crippen LogP contribution in [0.3, 0.4) is 0 Å². The van der Waals surface area contributed by atoms with Crippen molar-refractivity contribution in [1.29, 1.82) is 0 Å². The molecule has 0 aliphatic carbocycles. The molecule has 1 N–H and O–H groups in total.